The van der Waals surface area contributed by atoms with E-state index in [1.807, 2.05) is 18.2 Å². The van der Waals surface area contributed by atoms with Crippen molar-refractivity contribution >= 4 is 17.0 Å². The third kappa shape index (κ3) is 2.88. The largest absolute Gasteiger partial charge is 0.440 e. The molecule has 0 spiro atoms. The number of nitrogens with zero attached hydrogens (tertiary/aromatic N) is 1. The fraction of sp³-hybridized carbons (Fsp3) is 0.652. The van der Waals surface area contributed by atoms with E-state index in [1.54, 1.807) is 0 Å². The molecule has 4 nitrogen and oxygen atoms in total. The van der Waals surface area contributed by atoms with Crippen molar-refractivity contribution in [1.82, 2.24) is 10.3 Å². The molecule has 4 heteroatoms. The van der Waals surface area contributed by atoms with Crippen LogP contribution in [0.4, 0.5) is 0 Å². The van der Waals surface area contributed by atoms with E-state index >= 15 is 0 Å². The fourth-order valence-corrected chi connectivity index (χ4v) is 6.47. The first kappa shape index (κ1) is 17.3. The molecule has 0 saturated heterocycles. The summed E-state index contributed by atoms with van der Waals surface area (Å²) in [7, 11) is 0. The van der Waals surface area contributed by atoms with Crippen LogP contribution in [-0.4, -0.2) is 16.9 Å². The average Bonchev–Trinajstić information content (AvgIpc) is 3.04. The van der Waals surface area contributed by atoms with Crippen molar-refractivity contribution in [2.24, 2.45) is 23.2 Å². The second-order valence-corrected chi connectivity index (χ2v) is 9.86. The second-order valence-electron chi connectivity index (χ2n) is 9.86. The van der Waals surface area contributed by atoms with E-state index in [9.17, 15) is 4.79 Å². The third-order valence-corrected chi connectivity index (χ3v) is 7.51. The number of fused-ring (bicyclic) bond motifs is 1. The van der Waals surface area contributed by atoms with E-state index < -0.39 is 0 Å². The molecular weight excluding hydrogens is 336 g/mol. The highest BCUT2D eigenvalue weighted by atomic mass is 16.3. The summed E-state index contributed by atoms with van der Waals surface area (Å²) in [5.74, 6) is 3.68. The molecule has 4 saturated carbocycles. The van der Waals surface area contributed by atoms with Gasteiger partial charge in [0, 0.05) is 17.5 Å². The number of amides is 1. The number of nitrogens with one attached hydrogen (secondary N) is 1. The summed E-state index contributed by atoms with van der Waals surface area (Å²) in [4.78, 5) is 17.5. The summed E-state index contributed by atoms with van der Waals surface area (Å²) < 4.78 is 5.83. The Labute approximate surface area is 161 Å². The van der Waals surface area contributed by atoms with Gasteiger partial charge in [0.25, 0.3) is 5.91 Å². The van der Waals surface area contributed by atoms with Crippen LogP contribution >= 0.6 is 0 Å². The lowest BCUT2D eigenvalue weighted by molar-refractivity contribution is -0.0688. The molecule has 0 radical (unpaired) electrons. The number of hydrogen-bond acceptors (Lipinski definition) is 3. The number of oxazole rings is 1. The molecular formula is C23H30N2O2. The predicted octanol–water partition coefficient (Wildman–Crippen LogP) is 5.29. The quantitative estimate of drug-likeness (QED) is 0.800. The van der Waals surface area contributed by atoms with Crippen molar-refractivity contribution in [2.45, 2.75) is 71.3 Å². The number of rotatable bonds is 4. The van der Waals surface area contributed by atoms with E-state index in [0.29, 0.717) is 16.6 Å². The third-order valence-electron chi connectivity index (χ3n) is 7.51. The van der Waals surface area contributed by atoms with Crippen LogP contribution in [-0.2, 0) is 0 Å². The standard InChI is InChI=1S/C23H30N2O2/c1-13(2)22-25-19-5-4-18(9-20(19)27-22)21(26)24-14(3)23-10-15-6-16(11-23)8-17(7-15)12-23/h4-5,9,13-17H,6-8,10-12H2,1-3H3,(H,24,26)/t14-,15?,16?,17?,23?/m1/s1. The maximum Gasteiger partial charge on any atom is 0.251 e. The maximum atomic E-state index is 13.0. The van der Waals surface area contributed by atoms with Crippen LogP contribution < -0.4 is 5.32 Å². The Morgan fingerprint density at radius 1 is 1.11 bits per heavy atom. The zero-order valence-corrected chi connectivity index (χ0v) is 16.6. The van der Waals surface area contributed by atoms with Crippen LogP contribution in [0, 0.1) is 23.2 Å². The number of carbonyl (C=O) groups excluding carboxylic acids is 1. The highest BCUT2D eigenvalue weighted by molar-refractivity contribution is 5.97. The first-order chi connectivity index (χ1) is 12.9. The van der Waals surface area contributed by atoms with Crippen molar-refractivity contribution in [2.75, 3.05) is 0 Å². The van der Waals surface area contributed by atoms with Crippen LogP contribution in [0.1, 0.15) is 81.5 Å². The van der Waals surface area contributed by atoms with Gasteiger partial charge < -0.3 is 9.73 Å². The maximum absolute atomic E-state index is 13.0. The highest BCUT2D eigenvalue weighted by Crippen LogP contribution is 2.61. The van der Waals surface area contributed by atoms with Gasteiger partial charge in [0.15, 0.2) is 11.5 Å². The molecule has 1 aromatic heterocycles. The molecule has 2 aromatic rings. The molecule has 1 N–H and O–H groups in total. The fourth-order valence-electron chi connectivity index (χ4n) is 6.47. The lowest BCUT2D eigenvalue weighted by Crippen LogP contribution is -2.55. The minimum atomic E-state index is 0.0163. The van der Waals surface area contributed by atoms with Gasteiger partial charge in [0.1, 0.15) is 5.52 Å². The molecule has 4 aliphatic carbocycles. The summed E-state index contributed by atoms with van der Waals surface area (Å²) in [6.45, 7) is 6.35. The van der Waals surface area contributed by atoms with Crippen molar-refractivity contribution in [3.05, 3.63) is 29.7 Å². The molecule has 1 aromatic carbocycles. The van der Waals surface area contributed by atoms with E-state index in [0.717, 1.165) is 29.2 Å². The number of aromatic nitrogens is 1. The summed E-state index contributed by atoms with van der Waals surface area (Å²) in [6, 6.07) is 5.84. The molecule has 4 aliphatic rings. The molecule has 1 atom stereocenters. The average molecular weight is 367 g/mol. The molecule has 0 unspecified atom stereocenters. The normalized spacial score (nSPS) is 33.0. The molecule has 27 heavy (non-hydrogen) atoms. The van der Waals surface area contributed by atoms with Crippen LogP contribution in [0.3, 0.4) is 0 Å². The first-order valence-electron chi connectivity index (χ1n) is 10.6. The van der Waals surface area contributed by atoms with Gasteiger partial charge in [-0.3, -0.25) is 4.79 Å². The Bertz CT molecular complexity index is 846. The van der Waals surface area contributed by atoms with Gasteiger partial charge in [0.05, 0.1) is 0 Å². The molecule has 0 aliphatic heterocycles. The van der Waals surface area contributed by atoms with Gasteiger partial charge in [-0.15, -0.1) is 0 Å². The Balaban J connectivity index is 1.35. The molecule has 6 rings (SSSR count). The SMILES string of the molecule is CC(C)c1nc2ccc(C(=O)N[C@H](C)C34CC5CC(CC(C5)C3)C4)cc2o1. The van der Waals surface area contributed by atoms with Crippen molar-refractivity contribution in [1.29, 1.82) is 0 Å². The van der Waals surface area contributed by atoms with E-state index in [-0.39, 0.29) is 17.9 Å². The molecule has 1 amide bonds. The summed E-state index contributed by atoms with van der Waals surface area (Å²) in [6.07, 6.45) is 8.21. The number of hydrogen-bond donors (Lipinski definition) is 1. The van der Waals surface area contributed by atoms with Crippen molar-refractivity contribution in [3.63, 3.8) is 0 Å². The molecule has 4 fully saturated rings. The molecule has 1 heterocycles. The highest BCUT2D eigenvalue weighted by Gasteiger charge is 2.53. The smallest absolute Gasteiger partial charge is 0.251 e. The van der Waals surface area contributed by atoms with Gasteiger partial charge >= 0.3 is 0 Å². The topological polar surface area (TPSA) is 55.1 Å². The Morgan fingerprint density at radius 3 is 2.33 bits per heavy atom. The monoisotopic (exact) mass is 366 g/mol. The van der Waals surface area contributed by atoms with E-state index in [4.69, 9.17) is 4.42 Å². The second kappa shape index (κ2) is 6.08. The van der Waals surface area contributed by atoms with Gasteiger partial charge in [0.2, 0.25) is 0 Å². The van der Waals surface area contributed by atoms with Gasteiger partial charge in [-0.2, -0.15) is 0 Å². The van der Waals surface area contributed by atoms with Gasteiger partial charge in [-0.1, -0.05) is 13.8 Å². The van der Waals surface area contributed by atoms with Crippen LogP contribution in [0.5, 0.6) is 0 Å². The minimum Gasteiger partial charge on any atom is -0.440 e. The summed E-state index contributed by atoms with van der Waals surface area (Å²) in [5, 5.41) is 3.35. The van der Waals surface area contributed by atoms with Crippen LogP contribution in [0.15, 0.2) is 22.6 Å². The molecule has 4 bridgehead atoms. The summed E-state index contributed by atoms with van der Waals surface area (Å²) >= 11 is 0. The lowest BCUT2D eigenvalue weighted by atomic mass is 9.48. The van der Waals surface area contributed by atoms with Crippen LogP contribution in [0.2, 0.25) is 0 Å². The van der Waals surface area contributed by atoms with Gasteiger partial charge in [-0.05, 0) is 86.8 Å². The Hall–Kier alpha value is -1.84. The lowest BCUT2D eigenvalue weighted by Gasteiger charge is -2.59. The zero-order valence-electron chi connectivity index (χ0n) is 16.6. The van der Waals surface area contributed by atoms with E-state index in [1.165, 1.54) is 38.5 Å². The Kier molecular flexibility index (Phi) is 3.89. The predicted molar refractivity (Wildman–Crippen MR) is 106 cm³/mol. The summed E-state index contributed by atoms with van der Waals surface area (Å²) in [5.41, 5.74) is 2.52. The molecule has 144 valence electrons. The van der Waals surface area contributed by atoms with Gasteiger partial charge in [-0.25, -0.2) is 4.98 Å². The van der Waals surface area contributed by atoms with Crippen LogP contribution in [0.25, 0.3) is 11.1 Å². The van der Waals surface area contributed by atoms with Crippen molar-refractivity contribution in [3.8, 4) is 0 Å². The number of benzene rings is 1. The minimum absolute atomic E-state index is 0.0163. The van der Waals surface area contributed by atoms with Crippen molar-refractivity contribution < 1.29 is 9.21 Å². The van der Waals surface area contributed by atoms with E-state index in [2.05, 4.69) is 31.1 Å². The first-order valence-corrected chi connectivity index (χ1v) is 10.6. The zero-order chi connectivity index (χ0) is 18.8. The number of carbonyl (C=O) groups is 1. The Morgan fingerprint density at radius 2 is 1.74 bits per heavy atom.